The fourth-order valence-electron chi connectivity index (χ4n) is 3.70. The van der Waals surface area contributed by atoms with Crippen LogP contribution in [0.3, 0.4) is 0 Å². The highest BCUT2D eigenvalue weighted by atomic mass is 15.3. The lowest BCUT2D eigenvalue weighted by molar-refractivity contribution is 0.681. The van der Waals surface area contributed by atoms with E-state index in [9.17, 15) is 0 Å². The third kappa shape index (κ3) is 3.22. The van der Waals surface area contributed by atoms with Gasteiger partial charge in [0.1, 0.15) is 0 Å². The molecule has 0 unspecified atom stereocenters. The Bertz CT molecular complexity index is 1090. The first kappa shape index (κ1) is 15.8. The molecule has 5 rings (SSSR count). The molecule has 5 aromatic rings. The van der Waals surface area contributed by atoms with Crippen LogP contribution in [0.1, 0.15) is 16.7 Å². The highest BCUT2D eigenvalue weighted by Crippen LogP contribution is 2.17. The predicted octanol–water partition coefficient (Wildman–Crippen LogP) is 4.79. The van der Waals surface area contributed by atoms with Crippen molar-refractivity contribution < 1.29 is 0 Å². The smallest absolute Gasteiger partial charge is 0.0923 e. The summed E-state index contributed by atoms with van der Waals surface area (Å²) in [6.45, 7) is 3.68. The number of fused-ring (bicyclic) bond motifs is 2. The van der Waals surface area contributed by atoms with Gasteiger partial charge in [-0.25, -0.2) is 0 Å². The van der Waals surface area contributed by atoms with Crippen molar-refractivity contribution in [2.75, 3.05) is 0 Å². The van der Waals surface area contributed by atoms with Gasteiger partial charge in [0.2, 0.25) is 0 Å². The van der Waals surface area contributed by atoms with Crippen LogP contribution >= 0.6 is 0 Å². The van der Waals surface area contributed by atoms with Gasteiger partial charge in [0.05, 0.1) is 24.1 Å². The van der Waals surface area contributed by atoms with Gasteiger partial charge in [-0.3, -0.25) is 9.36 Å². The average molecular weight is 352 g/mol. The van der Waals surface area contributed by atoms with Crippen molar-refractivity contribution in [2.45, 2.75) is 20.0 Å². The summed E-state index contributed by atoms with van der Waals surface area (Å²) in [5.74, 6) is 0. The molecule has 0 fully saturated rings. The molecule has 27 heavy (non-hydrogen) atoms. The molecule has 3 aromatic carbocycles. The van der Waals surface area contributed by atoms with Crippen LogP contribution < -0.4 is 0 Å². The summed E-state index contributed by atoms with van der Waals surface area (Å²) >= 11 is 0. The van der Waals surface area contributed by atoms with Crippen LogP contribution in [0, 0.1) is 6.92 Å². The second-order valence-electron chi connectivity index (χ2n) is 7.10. The van der Waals surface area contributed by atoms with Gasteiger partial charge >= 0.3 is 0 Å². The molecular formula is C23H20N4. The van der Waals surface area contributed by atoms with E-state index in [1.54, 1.807) is 0 Å². The van der Waals surface area contributed by atoms with Crippen LogP contribution in [0.5, 0.6) is 0 Å². The zero-order chi connectivity index (χ0) is 18.2. The van der Waals surface area contributed by atoms with E-state index in [1.807, 2.05) is 33.6 Å². The quantitative estimate of drug-likeness (QED) is 0.466. The number of rotatable bonds is 4. The number of aryl methyl sites for hydroxylation is 1. The molecule has 0 atom stereocenters. The fraction of sp³-hybridized carbons (Fsp3) is 0.130. The minimum absolute atomic E-state index is 0.768. The molecule has 0 saturated carbocycles. The Morgan fingerprint density at radius 2 is 1.15 bits per heavy atom. The van der Waals surface area contributed by atoms with Gasteiger partial charge in [-0.2, -0.15) is 10.2 Å². The van der Waals surface area contributed by atoms with Crippen LogP contribution in [0.15, 0.2) is 79.1 Å². The molecular weight excluding hydrogens is 332 g/mol. The van der Waals surface area contributed by atoms with E-state index in [4.69, 9.17) is 0 Å². The molecule has 0 aliphatic carbocycles. The topological polar surface area (TPSA) is 35.6 Å². The van der Waals surface area contributed by atoms with E-state index in [2.05, 4.69) is 72.0 Å². The van der Waals surface area contributed by atoms with Crippen molar-refractivity contribution in [3.63, 3.8) is 0 Å². The molecule has 4 heteroatoms. The molecule has 4 nitrogen and oxygen atoms in total. The molecule has 2 heterocycles. The van der Waals surface area contributed by atoms with E-state index >= 15 is 0 Å². The van der Waals surface area contributed by atoms with Gasteiger partial charge in [-0.1, -0.05) is 60.2 Å². The van der Waals surface area contributed by atoms with E-state index in [-0.39, 0.29) is 0 Å². The Hall–Kier alpha value is -3.40. The van der Waals surface area contributed by atoms with Crippen molar-refractivity contribution >= 4 is 21.8 Å². The number of nitrogens with zero attached hydrogens (tertiary/aromatic N) is 4. The lowest BCUT2D eigenvalue weighted by Gasteiger charge is -2.08. The molecule has 0 aliphatic heterocycles. The first-order valence-electron chi connectivity index (χ1n) is 9.17. The fourth-order valence-corrected chi connectivity index (χ4v) is 3.70. The third-order valence-corrected chi connectivity index (χ3v) is 4.81. The molecule has 0 aliphatic rings. The Labute approximate surface area is 157 Å². The Kier molecular flexibility index (Phi) is 3.75. The minimum atomic E-state index is 0.768. The lowest BCUT2D eigenvalue weighted by atomic mass is 10.1. The van der Waals surface area contributed by atoms with E-state index in [0.29, 0.717) is 0 Å². The molecule has 0 spiro atoms. The number of aromatic nitrogens is 4. The maximum absolute atomic E-state index is 4.68. The molecule has 132 valence electrons. The zero-order valence-electron chi connectivity index (χ0n) is 15.2. The van der Waals surface area contributed by atoms with E-state index in [0.717, 1.165) is 24.1 Å². The van der Waals surface area contributed by atoms with Crippen LogP contribution in [0.25, 0.3) is 21.8 Å². The summed E-state index contributed by atoms with van der Waals surface area (Å²) in [7, 11) is 0. The van der Waals surface area contributed by atoms with Gasteiger partial charge in [-0.05, 0) is 30.2 Å². The SMILES string of the molecule is Cc1cc(Cn2cc3ccccc3n2)cc(Cn2cc3ccccc3n2)c1. The third-order valence-electron chi connectivity index (χ3n) is 4.81. The van der Waals surface area contributed by atoms with Gasteiger partial charge in [0, 0.05) is 23.2 Å². The van der Waals surface area contributed by atoms with Crippen molar-refractivity contribution in [3.05, 3.63) is 95.8 Å². The van der Waals surface area contributed by atoms with Crippen molar-refractivity contribution in [3.8, 4) is 0 Å². The largest absolute Gasteiger partial charge is 0.267 e. The predicted molar refractivity (Wildman–Crippen MR) is 109 cm³/mol. The molecule has 0 bridgehead atoms. The Morgan fingerprint density at radius 3 is 1.63 bits per heavy atom. The molecule has 0 N–H and O–H groups in total. The lowest BCUT2D eigenvalue weighted by Crippen LogP contribution is -2.04. The maximum atomic E-state index is 4.68. The summed E-state index contributed by atoms with van der Waals surface area (Å²) in [6.07, 6.45) is 4.22. The van der Waals surface area contributed by atoms with Crippen LogP contribution in [-0.2, 0) is 13.1 Å². The van der Waals surface area contributed by atoms with Crippen LogP contribution in [0.2, 0.25) is 0 Å². The number of hydrogen-bond donors (Lipinski definition) is 0. The number of benzene rings is 3. The second kappa shape index (κ2) is 6.40. The monoisotopic (exact) mass is 352 g/mol. The summed E-state index contributed by atoms with van der Waals surface area (Å²) < 4.78 is 4.04. The maximum Gasteiger partial charge on any atom is 0.0923 e. The van der Waals surface area contributed by atoms with Gasteiger partial charge in [-0.15, -0.1) is 0 Å². The summed E-state index contributed by atoms with van der Waals surface area (Å²) in [5, 5.41) is 11.7. The Balaban J connectivity index is 1.43. The first-order chi connectivity index (χ1) is 13.2. The molecule has 0 saturated heterocycles. The van der Waals surface area contributed by atoms with Crippen LogP contribution in [0.4, 0.5) is 0 Å². The average Bonchev–Trinajstić information content (AvgIpc) is 3.23. The molecule has 2 aromatic heterocycles. The second-order valence-corrected chi connectivity index (χ2v) is 7.10. The highest BCUT2D eigenvalue weighted by Gasteiger charge is 2.05. The van der Waals surface area contributed by atoms with Gasteiger partial charge < -0.3 is 0 Å². The van der Waals surface area contributed by atoms with Crippen molar-refractivity contribution in [1.29, 1.82) is 0 Å². The Morgan fingerprint density at radius 1 is 0.667 bits per heavy atom. The molecule has 0 amide bonds. The normalized spacial score (nSPS) is 11.4. The zero-order valence-corrected chi connectivity index (χ0v) is 15.2. The van der Waals surface area contributed by atoms with Crippen LogP contribution in [-0.4, -0.2) is 19.6 Å². The summed E-state index contributed by atoms with van der Waals surface area (Å²) in [6, 6.07) is 23.2. The van der Waals surface area contributed by atoms with Crippen molar-refractivity contribution in [2.24, 2.45) is 0 Å². The molecule has 0 radical (unpaired) electrons. The first-order valence-corrected chi connectivity index (χ1v) is 9.17. The highest BCUT2D eigenvalue weighted by molar-refractivity contribution is 5.78. The van der Waals surface area contributed by atoms with Crippen molar-refractivity contribution in [1.82, 2.24) is 19.6 Å². The van der Waals surface area contributed by atoms with E-state index in [1.165, 1.54) is 27.5 Å². The summed E-state index contributed by atoms with van der Waals surface area (Å²) in [5.41, 5.74) is 5.85. The standard InChI is InChI=1S/C23H20N4/c1-17-10-18(13-26-15-20-6-2-4-8-22(20)24-26)12-19(11-17)14-27-16-21-7-3-5-9-23(21)25-27/h2-12,15-16H,13-14H2,1H3. The van der Waals surface area contributed by atoms with Gasteiger partial charge in [0.15, 0.2) is 0 Å². The minimum Gasteiger partial charge on any atom is -0.267 e. The summed E-state index contributed by atoms with van der Waals surface area (Å²) in [4.78, 5) is 0. The van der Waals surface area contributed by atoms with Gasteiger partial charge in [0.25, 0.3) is 0 Å². The number of hydrogen-bond acceptors (Lipinski definition) is 2. The van der Waals surface area contributed by atoms with E-state index < -0.39 is 0 Å².